The molecule has 0 spiro atoms. The molecule has 182 valence electrons. The first-order valence-electron chi connectivity index (χ1n) is 11.3. The van der Waals surface area contributed by atoms with Gasteiger partial charge in [-0.05, 0) is 63.1 Å². The van der Waals surface area contributed by atoms with Crippen molar-refractivity contribution in [2.24, 2.45) is 0 Å². The van der Waals surface area contributed by atoms with E-state index in [1.54, 1.807) is 32.2 Å². The van der Waals surface area contributed by atoms with Crippen LogP contribution in [0.3, 0.4) is 0 Å². The highest BCUT2D eigenvalue weighted by atomic mass is 32.1. The lowest BCUT2D eigenvalue weighted by Crippen LogP contribution is -2.30. The molecule has 0 radical (unpaired) electrons. The Bertz CT molecular complexity index is 1310. The zero-order chi connectivity index (χ0) is 25.3. The third-order valence-electron chi connectivity index (χ3n) is 5.69. The van der Waals surface area contributed by atoms with Gasteiger partial charge in [0.2, 0.25) is 5.78 Å². The van der Waals surface area contributed by atoms with E-state index >= 15 is 0 Å². The van der Waals surface area contributed by atoms with Gasteiger partial charge in [0, 0.05) is 6.54 Å². The van der Waals surface area contributed by atoms with Gasteiger partial charge in [-0.25, -0.2) is 4.98 Å². The van der Waals surface area contributed by atoms with Crippen LogP contribution in [0.25, 0.3) is 0 Å². The van der Waals surface area contributed by atoms with Crippen molar-refractivity contribution in [2.75, 3.05) is 7.11 Å². The van der Waals surface area contributed by atoms with Crippen LogP contribution < -0.4 is 9.47 Å². The van der Waals surface area contributed by atoms with Crippen molar-refractivity contribution in [1.29, 1.82) is 0 Å². The topological polar surface area (TPSA) is 89.0 Å². The van der Waals surface area contributed by atoms with Gasteiger partial charge in [0.1, 0.15) is 11.5 Å². The Kier molecular flexibility index (Phi) is 6.93. The summed E-state index contributed by atoms with van der Waals surface area (Å²) in [5, 5.41) is 11.7. The van der Waals surface area contributed by atoms with Crippen LogP contribution in [-0.2, 0) is 11.3 Å². The number of hydrogen-bond acceptors (Lipinski definition) is 7. The summed E-state index contributed by atoms with van der Waals surface area (Å²) in [5.74, 6) is -0.263. The number of aromatic nitrogens is 1. The zero-order valence-corrected chi connectivity index (χ0v) is 21.2. The predicted octanol–water partition coefficient (Wildman–Crippen LogP) is 5.33. The molecule has 3 aromatic rings. The summed E-state index contributed by atoms with van der Waals surface area (Å²) in [6.45, 7) is 7.64. The molecule has 1 aliphatic rings. The maximum absolute atomic E-state index is 13.7. The quantitative estimate of drug-likeness (QED) is 0.427. The number of nitrogens with zero attached hydrogens (tertiary/aromatic N) is 2. The molecule has 1 aromatic heterocycles. The fraction of sp³-hybridized carbons (Fsp3) is 0.296. The molecule has 1 atom stereocenters. The molecule has 2 aromatic carbocycles. The van der Waals surface area contributed by atoms with E-state index in [1.807, 2.05) is 51.1 Å². The van der Waals surface area contributed by atoms with Crippen LogP contribution in [0.1, 0.15) is 51.4 Å². The Balaban J connectivity index is 1.78. The number of carbonyl (C=O) groups is 2. The number of benzene rings is 2. The summed E-state index contributed by atoms with van der Waals surface area (Å²) in [4.78, 5) is 33.3. The van der Waals surface area contributed by atoms with E-state index < -0.39 is 23.5 Å². The summed E-state index contributed by atoms with van der Waals surface area (Å²) in [6, 6.07) is 13.9. The number of ether oxygens (including phenoxy) is 2. The first-order chi connectivity index (χ1) is 16.7. The Hall–Kier alpha value is -3.65. The molecular weight excluding hydrogens is 464 g/mol. The molecule has 0 aliphatic carbocycles. The number of hydrogen-bond donors (Lipinski definition) is 1. The summed E-state index contributed by atoms with van der Waals surface area (Å²) < 4.78 is 11.2. The van der Waals surface area contributed by atoms with E-state index in [0.717, 1.165) is 10.6 Å². The number of aliphatic hydroxyl groups is 1. The van der Waals surface area contributed by atoms with Crippen molar-refractivity contribution < 1.29 is 24.2 Å². The van der Waals surface area contributed by atoms with Crippen LogP contribution in [0.4, 0.5) is 0 Å². The Morgan fingerprint density at radius 1 is 1.14 bits per heavy atom. The van der Waals surface area contributed by atoms with Crippen LogP contribution >= 0.6 is 11.3 Å². The molecule has 4 rings (SSSR count). The smallest absolute Gasteiger partial charge is 0.290 e. The minimum atomic E-state index is -0.790. The second-order valence-electron chi connectivity index (χ2n) is 8.67. The van der Waals surface area contributed by atoms with E-state index in [1.165, 1.54) is 16.2 Å². The van der Waals surface area contributed by atoms with Gasteiger partial charge >= 0.3 is 0 Å². The molecule has 1 N–H and O–H groups in total. The molecule has 35 heavy (non-hydrogen) atoms. The van der Waals surface area contributed by atoms with Gasteiger partial charge in [-0.15, -0.1) is 11.3 Å². The number of aliphatic hydroxyl groups excluding tert-OH is 1. The van der Waals surface area contributed by atoms with Crippen LogP contribution in [-0.4, -0.2) is 39.9 Å². The van der Waals surface area contributed by atoms with Gasteiger partial charge < -0.3 is 19.5 Å². The molecule has 0 fully saturated rings. The van der Waals surface area contributed by atoms with Gasteiger partial charge in [-0.3, -0.25) is 9.59 Å². The van der Waals surface area contributed by atoms with Crippen molar-refractivity contribution in [1.82, 2.24) is 9.88 Å². The summed E-state index contributed by atoms with van der Waals surface area (Å²) in [5.41, 5.74) is 2.10. The lowest BCUT2D eigenvalue weighted by molar-refractivity contribution is -0.130. The van der Waals surface area contributed by atoms with E-state index in [-0.39, 0.29) is 18.2 Å². The second-order valence-corrected chi connectivity index (χ2v) is 9.87. The Morgan fingerprint density at radius 2 is 1.86 bits per heavy atom. The van der Waals surface area contributed by atoms with Gasteiger partial charge in [0.15, 0.2) is 5.76 Å². The number of amides is 1. The molecule has 1 aliphatic heterocycles. The molecule has 1 unspecified atom stereocenters. The summed E-state index contributed by atoms with van der Waals surface area (Å²) in [7, 11) is 1.56. The van der Waals surface area contributed by atoms with Crippen LogP contribution in [0.15, 0.2) is 59.9 Å². The molecule has 0 saturated carbocycles. The normalized spacial score (nSPS) is 15.8. The van der Waals surface area contributed by atoms with E-state index in [4.69, 9.17) is 9.47 Å². The molecular formula is C27H28N2O5S. The van der Waals surface area contributed by atoms with Crippen LogP contribution in [0.5, 0.6) is 11.5 Å². The number of Topliss-reactive ketones (excluding diaryl/α,β-unsaturated/α-hetero) is 1. The molecule has 7 nitrogen and oxygen atoms in total. The maximum atomic E-state index is 13.7. The average Bonchev–Trinajstić information content (AvgIpc) is 3.29. The minimum absolute atomic E-state index is 0.00392. The standard InChI is InChI=1S/C27H28N2O5S/c1-15(2)34-21-11-6-8-18(12-21)14-29-23(19-9-7-10-20(13-19)33-5)22(25(31)27(29)32)24(30)26-16(3)28-17(4)35-26/h6-13,15,23,31H,14H2,1-5H3. The average molecular weight is 493 g/mol. The maximum Gasteiger partial charge on any atom is 0.290 e. The number of rotatable bonds is 8. The van der Waals surface area contributed by atoms with Crippen LogP contribution in [0.2, 0.25) is 0 Å². The van der Waals surface area contributed by atoms with Crippen molar-refractivity contribution in [3.05, 3.63) is 86.6 Å². The van der Waals surface area contributed by atoms with Gasteiger partial charge in [0.25, 0.3) is 5.91 Å². The highest BCUT2D eigenvalue weighted by Crippen LogP contribution is 2.41. The fourth-order valence-corrected chi connectivity index (χ4v) is 5.13. The molecule has 0 bridgehead atoms. The van der Waals surface area contributed by atoms with Crippen molar-refractivity contribution in [3.8, 4) is 11.5 Å². The third-order valence-corrected chi connectivity index (χ3v) is 6.76. The fourth-order valence-electron chi connectivity index (χ4n) is 4.26. The predicted molar refractivity (Wildman–Crippen MR) is 134 cm³/mol. The number of carbonyl (C=O) groups excluding carboxylic acids is 2. The van der Waals surface area contributed by atoms with Gasteiger partial charge in [0.05, 0.1) is 40.4 Å². The first-order valence-corrected chi connectivity index (χ1v) is 12.1. The highest BCUT2D eigenvalue weighted by Gasteiger charge is 2.44. The van der Waals surface area contributed by atoms with Crippen molar-refractivity contribution in [2.45, 2.75) is 46.4 Å². The number of methoxy groups -OCH3 is 1. The number of ketones is 1. The molecule has 2 heterocycles. The Morgan fingerprint density at radius 3 is 2.51 bits per heavy atom. The molecule has 1 amide bonds. The SMILES string of the molecule is COc1cccc(C2C(C(=O)c3sc(C)nc3C)=C(O)C(=O)N2Cc2cccc(OC(C)C)c2)c1. The first kappa shape index (κ1) is 24.5. The zero-order valence-electron chi connectivity index (χ0n) is 20.4. The summed E-state index contributed by atoms with van der Waals surface area (Å²) >= 11 is 1.25. The van der Waals surface area contributed by atoms with Crippen molar-refractivity contribution in [3.63, 3.8) is 0 Å². The number of thiazole rings is 1. The monoisotopic (exact) mass is 492 g/mol. The molecule has 8 heteroatoms. The largest absolute Gasteiger partial charge is 0.503 e. The minimum Gasteiger partial charge on any atom is -0.503 e. The number of aryl methyl sites for hydroxylation is 2. The van der Waals surface area contributed by atoms with Gasteiger partial charge in [-0.2, -0.15) is 0 Å². The third kappa shape index (κ3) is 4.93. The lowest BCUT2D eigenvalue weighted by Gasteiger charge is -2.27. The molecule has 0 saturated heterocycles. The lowest BCUT2D eigenvalue weighted by atomic mass is 9.94. The van der Waals surface area contributed by atoms with E-state index in [0.29, 0.717) is 27.6 Å². The van der Waals surface area contributed by atoms with Crippen LogP contribution in [0, 0.1) is 13.8 Å². The van der Waals surface area contributed by atoms with Gasteiger partial charge in [-0.1, -0.05) is 24.3 Å². The summed E-state index contributed by atoms with van der Waals surface area (Å²) in [6.07, 6.45) is 0.00392. The van der Waals surface area contributed by atoms with Crippen molar-refractivity contribution >= 4 is 23.0 Å². The van der Waals surface area contributed by atoms with E-state index in [2.05, 4.69) is 4.98 Å². The highest BCUT2D eigenvalue weighted by molar-refractivity contribution is 7.14. The Labute approximate surface area is 208 Å². The van der Waals surface area contributed by atoms with E-state index in [9.17, 15) is 14.7 Å². The second kappa shape index (κ2) is 9.92.